The Morgan fingerprint density at radius 2 is 1.46 bits per heavy atom. The van der Waals surface area contributed by atoms with Gasteiger partial charge in [0.1, 0.15) is 17.3 Å². The van der Waals surface area contributed by atoms with Crippen molar-refractivity contribution in [3.63, 3.8) is 0 Å². The maximum atomic E-state index is 13.6. The summed E-state index contributed by atoms with van der Waals surface area (Å²) in [5.41, 5.74) is 0.763. The molecule has 2 amide bonds. The molecule has 0 saturated heterocycles. The van der Waals surface area contributed by atoms with Crippen molar-refractivity contribution >= 4 is 34.8 Å². The number of amides is 2. The number of hydrogen-bond acceptors (Lipinski definition) is 5. The molecular formula is C19H15F2N5O2. The maximum Gasteiger partial charge on any atom is 0.258 e. The van der Waals surface area contributed by atoms with Crippen LogP contribution in [0.2, 0.25) is 0 Å². The molecular weight excluding hydrogens is 368 g/mol. The molecule has 3 rings (SSSR count). The average Bonchev–Trinajstić information content (AvgIpc) is 2.65. The van der Waals surface area contributed by atoms with Crippen LogP contribution >= 0.6 is 0 Å². The Morgan fingerprint density at radius 1 is 0.893 bits per heavy atom. The number of rotatable bonds is 5. The van der Waals surface area contributed by atoms with Gasteiger partial charge in [0.2, 0.25) is 11.9 Å². The van der Waals surface area contributed by atoms with E-state index in [0.717, 1.165) is 12.1 Å². The summed E-state index contributed by atoms with van der Waals surface area (Å²) in [6.45, 7) is 1.38. The molecule has 142 valence electrons. The topological polar surface area (TPSA) is 96.0 Å². The third kappa shape index (κ3) is 4.64. The fourth-order valence-electron chi connectivity index (χ4n) is 2.32. The van der Waals surface area contributed by atoms with Crippen LogP contribution in [0.25, 0.3) is 0 Å². The zero-order valence-corrected chi connectivity index (χ0v) is 14.7. The lowest BCUT2D eigenvalue weighted by atomic mass is 10.2. The van der Waals surface area contributed by atoms with Gasteiger partial charge in [-0.2, -0.15) is 0 Å². The second-order valence-electron chi connectivity index (χ2n) is 5.73. The van der Waals surface area contributed by atoms with Gasteiger partial charge >= 0.3 is 0 Å². The number of halogens is 2. The largest absolute Gasteiger partial charge is 0.326 e. The number of benzene rings is 2. The van der Waals surface area contributed by atoms with Gasteiger partial charge < -0.3 is 16.0 Å². The molecule has 2 aromatic carbocycles. The van der Waals surface area contributed by atoms with Gasteiger partial charge in [0.15, 0.2) is 0 Å². The van der Waals surface area contributed by atoms with E-state index >= 15 is 0 Å². The molecule has 28 heavy (non-hydrogen) atoms. The first-order chi connectivity index (χ1) is 13.4. The minimum atomic E-state index is -0.788. The first-order valence-corrected chi connectivity index (χ1v) is 8.14. The van der Waals surface area contributed by atoms with Crippen LogP contribution in [0.15, 0.2) is 54.9 Å². The van der Waals surface area contributed by atoms with Crippen LogP contribution in [0.1, 0.15) is 17.3 Å². The van der Waals surface area contributed by atoms with Gasteiger partial charge in [0, 0.05) is 30.7 Å². The Bertz CT molecular complexity index is 1000. The first kappa shape index (κ1) is 18.9. The van der Waals surface area contributed by atoms with Gasteiger partial charge in [-0.15, -0.1) is 0 Å². The van der Waals surface area contributed by atoms with E-state index in [2.05, 4.69) is 25.9 Å². The molecule has 1 heterocycles. The van der Waals surface area contributed by atoms with Crippen molar-refractivity contribution in [2.75, 3.05) is 16.0 Å². The molecule has 3 N–H and O–H groups in total. The number of para-hydroxylation sites is 1. The third-order valence-corrected chi connectivity index (χ3v) is 3.55. The molecule has 0 aliphatic rings. The lowest BCUT2D eigenvalue weighted by molar-refractivity contribution is -0.114. The zero-order chi connectivity index (χ0) is 20.1. The number of hydrogen-bond donors (Lipinski definition) is 3. The summed E-state index contributed by atoms with van der Waals surface area (Å²) in [4.78, 5) is 31.2. The maximum absolute atomic E-state index is 13.6. The summed E-state index contributed by atoms with van der Waals surface area (Å²) < 4.78 is 27.3. The molecule has 0 aliphatic carbocycles. The van der Waals surface area contributed by atoms with E-state index in [9.17, 15) is 18.4 Å². The van der Waals surface area contributed by atoms with Crippen molar-refractivity contribution in [1.82, 2.24) is 9.97 Å². The third-order valence-electron chi connectivity index (χ3n) is 3.55. The monoisotopic (exact) mass is 383 g/mol. The molecule has 0 radical (unpaired) electrons. The van der Waals surface area contributed by atoms with Crippen LogP contribution in [0.4, 0.5) is 31.8 Å². The molecule has 7 nitrogen and oxygen atoms in total. The van der Waals surface area contributed by atoms with Crippen molar-refractivity contribution in [2.24, 2.45) is 0 Å². The predicted octanol–water partition coefficient (Wildman–Crippen LogP) is 3.71. The van der Waals surface area contributed by atoms with Crippen molar-refractivity contribution in [1.29, 1.82) is 0 Å². The Labute approximate surface area is 158 Å². The van der Waals surface area contributed by atoms with Crippen LogP contribution < -0.4 is 16.0 Å². The molecule has 3 aromatic rings. The summed E-state index contributed by atoms with van der Waals surface area (Å²) in [6.07, 6.45) is 2.45. The van der Waals surface area contributed by atoms with Gasteiger partial charge in [0.05, 0.1) is 5.56 Å². The normalized spacial score (nSPS) is 10.2. The minimum absolute atomic E-state index is 0.0618. The summed E-state index contributed by atoms with van der Waals surface area (Å²) in [5.74, 6) is -2.35. The fraction of sp³-hybridized carbons (Fsp3) is 0.0526. The van der Waals surface area contributed by atoms with Crippen molar-refractivity contribution in [3.8, 4) is 0 Å². The molecule has 0 atom stereocenters. The Morgan fingerprint density at radius 3 is 2.07 bits per heavy atom. The van der Waals surface area contributed by atoms with Crippen LogP contribution in [-0.4, -0.2) is 21.8 Å². The van der Waals surface area contributed by atoms with Gasteiger partial charge in [-0.05, 0) is 30.3 Å². The Hall–Kier alpha value is -3.88. The van der Waals surface area contributed by atoms with E-state index in [4.69, 9.17) is 0 Å². The Balaban J connectivity index is 1.69. The highest BCUT2D eigenvalue weighted by Crippen LogP contribution is 2.21. The first-order valence-electron chi connectivity index (χ1n) is 8.14. The van der Waals surface area contributed by atoms with Gasteiger partial charge in [0.25, 0.3) is 5.91 Å². The van der Waals surface area contributed by atoms with E-state index in [1.807, 2.05) is 0 Å². The van der Waals surface area contributed by atoms with E-state index in [0.29, 0.717) is 11.4 Å². The van der Waals surface area contributed by atoms with E-state index in [1.165, 1.54) is 25.4 Å². The van der Waals surface area contributed by atoms with Crippen LogP contribution in [0, 0.1) is 11.6 Å². The van der Waals surface area contributed by atoms with E-state index in [-0.39, 0.29) is 23.1 Å². The molecule has 0 saturated carbocycles. The molecule has 0 spiro atoms. The van der Waals surface area contributed by atoms with Crippen molar-refractivity contribution < 1.29 is 18.4 Å². The summed E-state index contributed by atoms with van der Waals surface area (Å²) in [7, 11) is 0. The van der Waals surface area contributed by atoms with E-state index in [1.54, 1.807) is 24.3 Å². The number of carbonyl (C=O) groups is 2. The fourth-order valence-corrected chi connectivity index (χ4v) is 2.32. The molecule has 0 fully saturated rings. The van der Waals surface area contributed by atoms with Crippen molar-refractivity contribution in [2.45, 2.75) is 6.92 Å². The SMILES string of the molecule is CC(=O)Nc1cccc(NC(=O)c2cnc(Nc3c(F)cccc3F)nc2)c1. The number of nitrogens with zero attached hydrogens (tertiary/aromatic N) is 2. The van der Waals surface area contributed by atoms with Crippen molar-refractivity contribution in [3.05, 3.63) is 72.1 Å². The molecule has 0 unspecified atom stereocenters. The highest BCUT2D eigenvalue weighted by Gasteiger charge is 2.12. The van der Waals surface area contributed by atoms with E-state index < -0.39 is 17.5 Å². The van der Waals surface area contributed by atoms with Crippen LogP contribution in [0.3, 0.4) is 0 Å². The average molecular weight is 383 g/mol. The highest BCUT2D eigenvalue weighted by atomic mass is 19.1. The number of carbonyl (C=O) groups excluding carboxylic acids is 2. The zero-order valence-electron chi connectivity index (χ0n) is 14.7. The van der Waals surface area contributed by atoms with Crippen LogP contribution in [-0.2, 0) is 4.79 Å². The second-order valence-corrected chi connectivity index (χ2v) is 5.73. The molecule has 1 aromatic heterocycles. The summed E-state index contributed by atoms with van der Waals surface area (Å²) in [5, 5.41) is 7.70. The number of aromatic nitrogens is 2. The second kappa shape index (κ2) is 8.21. The summed E-state index contributed by atoms with van der Waals surface area (Å²) >= 11 is 0. The molecule has 9 heteroatoms. The smallest absolute Gasteiger partial charge is 0.258 e. The van der Waals surface area contributed by atoms with Gasteiger partial charge in [-0.3, -0.25) is 9.59 Å². The molecule has 0 bridgehead atoms. The highest BCUT2D eigenvalue weighted by molar-refractivity contribution is 6.04. The van der Waals surface area contributed by atoms with Crippen LogP contribution in [0.5, 0.6) is 0 Å². The number of nitrogens with one attached hydrogen (secondary N) is 3. The van der Waals surface area contributed by atoms with Gasteiger partial charge in [-0.1, -0.05) is 12.1 Å². The predicted molar refractivity (Wildman–Crippen MR) is 100 cm³/mol. The lowest BCUT2D eigenvalue weighted by Gasteiger charge is -2.09. The minimum Gasteiger partial charge on any atom is -0.326 e. The Kier molecular flexibility index (Phi) is 5.54. The van der Waals surface area contributed by atoms with Gasteiger partial charge in [-0.25, -0.2) is 18.7 Å². The number of anilines is 4. The molecule has 0 aliphatic heterocycles. The summed E-state index contributed by atoms with van der Waals surface area (Å²) in [6, 6.07) is 10.0. The standard InChI is InChI=1S/C19H15F2N5O2/c1-11(27)24-13-4-2-5-14(8-13)25-18(28)12-9-22-19(23-10-12)26-17-15(20)6-3-7-16(17)21/h2-10H,1H3,(H,24,27)(H,25,28)(H,22,23,26). The lowest BCUT2D eigenvalue weighted by Crippen LogP contribution is -2.14. The quantitative estimate of drug-likeness (QED) is 0.624.